The van der Waals surface area contributed by atoms with Gasteiger partial charge in [-0.25, -0.2) is 8.42 Å². The molecule has 0 aliphatic carbocycles. The van der Waals surface area contributed by atoms with Crippen LogP contribution in [0.2, 0.25) is 5.02 Å². The SMILES string of the molecule is CCOc1cc(Cl)ccc1S(=O)(=O)Nc1cccnc1. The number of pyridine rings is 1. The quantitative estimate of drug-likeness (QED) is 0.921. The fourth-order valence-electron chi connectivity index (χ4n) is 1.61. The van der Waals surface area contributed by atoms with Crippen LogP contribution < -0.4 is 9.46 Å². The van der Waals surface area contributed by atoms with E-state index in [1.54, 1.807) is 25.3 Å². The van der Waals surface area contributed by atoms with E-state index in [9.17, 15) is 8.42 Å². The van der Waals surface area contributed by atoms with Crippen LogP contribution >= 0.6 is 11.6 Å². The van der Waals surface area contributed by atoms with Crippen molar-refractivity contribution in [3.8, 4) is 5.75 Å². The lowest BCUT2D eigenvalue weighted by atomic mass is 10.3. The van der Waals surface area contributed by atoms with Gasteiger partial charge in [-0.15, -0.1) is 0 Å². The van der Waals surface area contributed by atoms with Gasteiger partial charge in [0.2, 0.25) is 0 Å². The Hall–Kier alpha value is -1.79. The van der Waals surface area contributed by atoms with E-state index in [2.05, 4.69) is 9.71 Å². The van der Waals surface area contributed by atoms with Gasteiger partial charge in [0, 0.05) is 17.3 Å². The lowest BCUT2D eigenvalue weighted by Crippen LogP contribution is -2.14. The molecule has 7 heteroatoms. The van der Waals surface area contributed by atoms with Gasteiger partial charge < -0.3 is 4.74 Å². The molecule has 0 saturated carbocycles. The number of hydrogen-bond acceptors (Lipinski definition) is 4. The zero-order valence-corrected chi connectivity index (χ0v) is 12.3. The summed E-state index contributed by atoms with van der Waals surface area (Å²) >= 11 is 5.86. The molecule has 20 heavy (non-hydrogen) atoms. The number of benzene rings is 1. The van der Waals surface area contributed by atoms with Crippen LogP contribution in [0.25, 0.3) is 0 Å². The minimum absolute atomic E-state index is 0.0348. The lowest BCUT2D eigenvalue weighted by Gasteiger charge is -2.12. The number of hydrogen-bond donors (Lipinski definition) is 1. The molecule has 5 nitrogen and oxygen atoms in total. The summed E-state index contributed by atoms with van der Waals surface area (Å²) in [7, 11) is -3.76. The second kappa shape index (κ2) is 6.11. The Labute approximate surface area is 122 Å². The highest BCUT2D eigenvalue weighted by Gasteiger charge is 2.20. The number of halogens is 1. The number of ether oxygens (including phenoxy) is 1. The first-order valence-electron chi connectivity index (χ1n) is 5.88. The molecule has 0 fully saturated rings. The van der Waals surface area contributed by atoms with Crippen molar-refractivity contribution < 1.29 is 13.2 Å². The number of aromatic nitrogens is 1. The summed E-state index contributed by atoms with van der Waals surface area (Å²) in [5.74, 6) is 0.219. The highest BCUT2D eigenvalue weighted by atomic mass is 35.5. The van der Waals surface area contributed by atoms with Crippen LogP contribution in [-0.4, -0.2) is 20.0 Å². The van der Waals surface area contributed by atoms with Crippen molar-refractivity contribution in [1.82, 2.24) is 4.98 Å². The van der Waals surface area contributed by atoms with Crippen molar-refractivity contribution in [3.63, 3.8) is 0 Å². The molecule has 0 unspecified atom stereocenters. The lowest BCUT2D eigenvalue weighted by molar-refractivity contribution is 0.331. The number of nitrogens with one attached hydrogen (secondary N) is 1. The highest BCUT2D eigenvalue weighted by molar-refractivity contribution is 7.92. The van der Waals surface area contributed by atoms with Crippen LogP contribution in [0.4, 0.5) is 5.69 Å². The maximum Gasteiger partial charge on any atom is 0.265 e. The summed E-state index contributed by atoms with van der Waals surface area (Å²) in [4.78, 5) is 3.89. The first kappa shape index (κ1) is 14.6. The molecule has 0 radical (unpaired) electrons. The van der Waals surface area contributed by atoms with Gasteiger partial charge in [0.05, 0.1) is 18.5 Å². The summed E-state index contributed by atoms with van der Waals surface area (Å²) in [5, 5.41) is 0.411. The number of rotatable bonds is 5. The van der Waals surface area contributed by atoms with Crippen molar-refractivity contribution in [1.29, 1.82) is 0 Å². The molecule has 0 atom stereocenters. The zero-order chi connectivity index (χ0) is 14.6. The van der Waals surface area contributed by atoms with E-state index < -0.39 is 10.0 Å². The fraction of sp³-hybridized carbons (Fsp3) is 0.154. The van der Waals surface area contributed by atoms with Gasteiger partial charge in [-0.05, 0) is 31.2 Å². The van der Waals surface area contributed by atoms with E-state index >= 15 is 0 Å². The minimum atomic E-state index is -3.76. The van der Waals surface area contributed by atoms with Crippen molar-refractivity contribution in [2.75, 3.05) is 11.3 Å². The molecule has 2 aromatic rings. The van der Waals surface area contributed by atoms with Crippen LogP contribution in [0.5, 0.6) is 5.75 Å². The molecule has 0 bridgehead atoms. The topological polar surface area (TPSA) is 68.3 Å². The molecule has 0 aliphatic heterocycles. The van der Waals surface area contributed by atoms with Crippen molar-refractivity contribution in [3.05, 3.63) is 47.7 Å². The second-order valence-corrected chi connectivity index (χ2v) is 5.96. The number of sulfonamides is 1. The highest BCUT2D eigenvalue weighted by Crippen LogP contribution is 2.28. The molecule has 0 aliphatic rings. The average Bonchev–Trinajstić information content (AvgIpc) is 2.39. The number of nitrogens with zero attached hydrogens (tertiary/aromatic N) is 1. The van der Waals surface area contributed by atoms with Crippen LogP contribution in [-0.2, 0) is 10.0 Å². The van der Waals surface area contributed by atoms with Gasteiger partial charge >= 0.3 is 0 Å². The Kier molecular flexibility index (Phi) is 4.46. The molecule has 2 rings (SSSR count). The van der Waals surface area contributed by atoms with Crippen LogP contribution in [0.15, 0.2) is 47.6 Å². The maximum absolute atomic E-state index is 12.3. The predicted molar refractivity (Wildman–Crippen MR) is 77.7 cm³/mol. The maximum atomic E-state index is 12.3. The van der Waals surface area contributed by atoms with Gasteiger partial charge in [-0.2, -0.15) is 0 Å². The van der Waals surface area contributed by atoms with Crippen molar-refractivity contribution in [2.24, 2.45) is 0 Å². The largest absolute Gasteiger partial charge is 0.492 e. The van der Waals surface area contributed by atoms with E-state index in [1.165, 1.54) is 24.4 Å². The van der Waals surface area contributed by atoms with E-state index in [-0.39, 0.29) is 10.6 Å². The molecule has 0 amide bonds. The second-order valence-electron chi connectivity index (χ2n) is 3.87. The monoisotopic (exact) mass is 312 g/mol. The zero-order valence-electron chi connectivity index (χ0n) is 10.7. The Bertz CT molecular complexity index is 690. The number of anilines is 1. The molecule has 0 saturated heterocycles. The van der Waals surface area contributed by atoms with Gasteiger partial charge in [0.15, 0.2) is 0 Å². The molecule has 1 heterocycles. The van der Waals surface area contributed by atoms with Crippen LogP contribution in [0.1, 0.15) is 6.92 Å². The third-order valence-electron chi connectivity index (χ3n) is 2.41. The summed E-state index contributed by atoms with van der Waals surface area (Å²) in [5.41, 5.74) is 0.380. The van der Waals surface area contributed by atoms with E-state index in [4.69, 9.17) is 16.3 Å². The molecular formula is C13H13ClN2O3S. The normalized spacial score (nSPS) is 11.1. The molecule has 1 N–H and O–H groups in total. The molecule has 1 aromatic carbocycles. The average molecular weight is 313 g/mol. The Morgan fingerprint density at radius 2 is 2.15 bits per heavy atom. The summed E-state index contributed by atoms with van der Waals surface area (Å²) < 4.78 is 32.5. The minimum Gasteiger partial charge on any atom is -0.492 e. The van der Waals surface area contributed by atoms with E-state index in [0.29, 0.717) is 17.3 Å². The summed E-state index contributed by atoms with van der Waals surface area (Å²) in [6.45, 7) is 2.11. The molecule has 106 valence electrons. The van der Waals surface area contributed by atoms with Gasteiger partial charge in [0.1, 0.15) is 10.6 Å². The van der Waals surface area contributed by atoms with Crippen molar-refractivity contribution >= 4 is 27.3 Å². The van der Waals surface area contributed by atoms with Gasteiger partial charge in [-0.3, -0.25) is 9.71 Å². The van der Waals surface area contributed by atoms with Crippen LogP contribution in [0.3, 0.4) is 0 Å². The van der Waals surface area contributed by atoms with Gasteiger partial charge in [0.25, 0.3) is 10.0 Å². The fourth-order valence-corrected chi connectivity index (χ4v) is 2.94. The van der Waals surface area contributed by atoms with Gasteiger partial charge in [-0.1, -0.05) is 11.6 Å². The first-order chi connectivity index (χ1) is 9.53. The van der Waals surface area contributed by atoms with E-state index in [1.807, 2.05) is 0 Å². The summed E-state index contributed by atoms with van der Waals surface area (Å²) in [6.07, 6.45) is 2.99. The Morgan fingerprint density at radius 1 is 1.35 bits per heavy atom. The Morgan fingerprint density at radius 3 is 2.80 bits per heavy atom. The first-order valence-corrected chi connectivity index (χ1v) is 7.74. The smallest absolute Gasteiger partial charge is 0.265 e. The standard InChI is InChI=1S/C13H13ClN2O3S/c1-2-19-12-8-10(14)5-6-13(12)20(17,18)16-11-4-3-7-15-9-11/h3-9,16H,2H2,1H3. The summed E-state index contributed by atoms with van der Waals surface area (Å²) in [6, 6.07) is 7.64. The van der Waals surface area contributed by atoms with E-state index in [0.717, 1.165) is 0 Å². The van der Waals surface area contributed by atoms with Crippen LogP contribution in [0, 0.1) is 0 Å². The molecule has 1 aromatic heterocycles. The molecular weight excluding hydrogens is 300 g/mol. The van der Waals surface area contributed by atoms with Crippen molar-refractivity contribution in [2.45, 2.75) is 11.8 Å². The predicted octanol–water partition coefficient (Wildman–Crippen LogP) is 2.93. The third kappa shape index (κ3) is 3.40. The molecule has 0 spiro atoms. The third-order valence-corrected chi connectivity index (χ3v) is 4.06. The Balaban J connectivity index is 2.39.